The quantitative estimate of drug-likeness (QED) is 0.714. The fraction of sp³-hybridized carbons (Fsp3) is 0.714. The molecule has 3 amide bonds. The number of hydrogen-bond acceptors (Lipinski definition) is 5. The monoisotopic (exact) mass is 323 g/mol. The van der Waals surface area contributed by atoms with Crippen molar-refractivity contribution in [1.82, 2.24) is 25.8 Å². The fourth-order valence-corrected chi connectivity index (χ4v) is 4.40. The summed E-state index contributed by atoms with van der Waals surface area (Å²) in [5, 5.41) is 12.2. The van der Waals surface area contributed by atoms with Crippen LogP contribution in [-0.2, 0) is 4.79 Å². The summed E-state index contributed by atoms with van der Waals surface area (Å²) in [7, 11) is 0. The fourth-order valence-electron chi connectivity index (χ4n) is 3.82. The van der Waals surface area contributed by atoms with E-state index in [-0.39, 0.29) is 17.7 Å². The number of aromatic nitrogens is 3. The molecule has 2 aliphatic carbocycles. The van der Waals surface area contributed by atoms with Crippen LogP contribution in [0.25, 0.3) is 0 Å². The molecule has 2 aliphatic rings. The van der Waals surface area contributed by atoms with Crippen LogP contribution in [0.1, 0.15) is 32.6 Å². The first-order valence-corrected chi connectivity index (χ1v) is 8.69. The van der Waals surface area contributed by atoms with Crippen LogP contribution in [0.3, 0.4) is 0 Å². The van der Waals surface area contributed by atoms with Crippen molar-refractivity contribution in [2.45, 2.75) is 43.8 Å². The lowest BCUT2D eigenvalue weighted by Crippen LogP contribution is -2.47. The highest BCUT2D eigenvalue weighted by Crippen LogP contribution is 2.49. The van der Waals surface area contributed by atoms with E-state index in [1.54, 1.807) is 0 Å². The number of aromatic amines is 1. The van der Waals surface area contributed by atoms with Gasteiger partial charge in [-0.25, -0.2) is 9.78 Å². The molecule has 3 rings (SSSR count). The third-order valence-corrected chi connectivity index (χ3v) is 5.66. The van der Waals surface area contributed by atoms with Gasteiger partial charge in [-0.15, -0.1) is 0 Å². The number of H-pyrrole nitrogens is 1. The molecule has 8 heteroatoms. The minimum atomic E-state index is -0.404. The third kappa shape index (κ3) is 3.60. The maximum absolute atomic E-state index is 11.9. The zero-order valence-corrected chi connectivity index (χ0v) is 13.4. The van der Waals surface area contributed by atoms with Crippen LogP contribution < -0.4 is 10.6 Å². The number of hydrogen-bond donors (Lipinski definition) is 3. The molecule has 1 aromatic rings. The molecule has 2 saturated carbocycles. The molecule has 0 aromatic carbocycles. The highest BCUT2D eigenvalue weighted by Gasteiger charge is 2.42. The van der Waals surface area contributed by atoms with Gasteiger partial charge in [0.2, 0.25) is 5.91 Å². The largest absolute Gasteiger partial charge is 0.335 e. The lowest BCUT2D eigenvalue weighted by Gasteiger charge is -2.28. The number of carbonyl (C=O) groups excluding carboxylic acids is 2. The van der Waals surface area contributed by atoms with E-state index in [0.717, 1.165) is 11.8 Å². The van der Waals surface area contributed by atoms with Crippen LogP contribution in [0, 0.1) is 17.8 Å². The maximum Gasteiger partial charge on any atom is 0.321 e. The van der Waals surface area contributed by atoms with Gasteiger partial charge < -0.3 is 5.32 Å². The van der Waals surface area contributed by atoms with E-state index in [9.17, 15) is 9.59 Å². The Morgan fingerprint density at radius 1 is 1.45 bits per heavy atom. The second-order valence-corrected chi connectivity index (χ2v) is 7.19. The summed E-state index contributed by atoms with van der Waals surface area (Å²) in [6.45, 7) is 2.04. The van der Waals surface area contributed by atoms with Gasteiger partial charge in [0.1, 0.15) is 6.33 Å². The van der Waals surface area contributed by atoms with Crippen molar-refractivity contribution in [2.75, 3.05) is 5.75 Å². The number of urea groups is 1. The summed E-state index contributed by atoms with van der Waals surface area (Å²) in [4.78, 5) is 27.5. The van der Waals surface area contributed by atoms with Crippen LogP contribution in [0.15, 0.2) is 11.5 Å². The van der Waals surface area contributed by atoms with Gasteiger partial charge in [-0.2, -0.15) is 5.10 Å². The Morgan fingerprint density at radius 2 is 2.32 bits per heavy atom. The first kappa shape index (κ1) is 15.3. The second-order valence-electron chi connectivity index (χ2n) is 6.23. The normalized spacial score (nSPS) is 27.6. The Balaban J connectivity index is 1.39. The molecule has 0 radical (unpaired) electrons. The summed E-state index contributed by atoms with van der Waals surface area (Å²) in [6.07, 6.45) is 6.53. The predicted molar refractivity (Wildman–Crippen MR) is 82.2 cm³/mol. The van der Waals surface area contributed by atoms with Crippen molar-refractivity contribution in [1.29, 1.82) is 0 Å². The first-order valence-electron chi connectivity index (χ1n) is 7.70. The van der Waals surface area contributed by atoms with Crippen molar-refractivity contribution >= 4 is 23.7 Å². The molecule has 1 heterocycles. The lowest BCUT2D eigenvalue weighted by molar-refractivity contribution is -0.117. The Labute approximate surface area is 133 Å². The van der Waals surface area contributed by atoms with Gasteiger partial charge in [-0.3, -0.25) is 15.2 Å². The number of fused-ring (bicyclic) bond motifs is 2. The number of carbonyl (C=O) groups is 2. The summed E-state index contributed by atoms with van der Waals surface area (Å²) < 4.78 is 0. The maximum atomic E-state index is 11.9. The molecule has 1 aromatic heterocycles. The van der Waals surface area contributed by atoms with Crippen molar-refractivity contribution in [3.05, 3.63) is 6.33 Å². The molecule has 3 N–H and O–H groups in total. The molecule has 2 fully saturated rings. The lowest BCUT2D eigenvalue weighted by atomic mass is 9.84. The zero-order valence-electron chi connectivity index (χ0n) is 12.5. The Morgan fingerprint density at radius 3 is 2.95 bits per heavy atom. The average molecular weight is 323 g/mol. The minimum absolute atomic E-state index is 0.116. The van der Waals surface area contributed by atoms with E-state index in [1.807, 2.05) is 6.92 Å². The van der Waals surface area contributed by atoms with Gasteiger partial charge >= 0.3 is 6.03 Å². The number of imide groups is 1. The SMILES string of the molecule is C[C@@H](NC(=O)NC(=O)CSc1ncn[nH]1)[C@H]1C[C@H]2CC[C@H]1C2. The molecule has 4 atom stereocenters. The number of nitrogens with zero attached hydrogens (tertiary/aromatic N) is 2. The minimum Gasteiger partial charge on any atom is -0.335 e. The number of amides is 3. The Kier molecular flexibility index (Phi) is 4.66. The van der Waals surface area contributed by atoms with Crippen molar-refractivity contribution in [3.8, 4) is 0 Å². The summed E-state index contributed by atoms with van der Waals surface area (Å²) >= 11 is 1.21. The molecule has 22 heavy (non-hydrogen) atoms. The van der Waals surface area contributed by atoms with Gasteiger partial charge in [-0.05, 0) is 43.9 Å². The standard InChI is InChI=1S/C14H21N5O2S/c1-8(11-5-9-2-3-10(11)4-9)17-13(21)18-12(20)6-22-14-15-7-16-19-14/h7-11H,2-6H2,1H3,(H,15,16,19)(H2,17,18,20,21)/t8-,9+,10+,11-/m1/s1. The van der Waals surface area contributed by atoms with Crippen molar-refractivity contribution < 1.29 is 9.59 Å². The number of nitrogens with one attached hydrogen (secondary N) is 3. The van der Waals surface area contributed by atoms with Gasteiger partial charge in [0, 0.05) is 6.04 Å². The summed E-state index contributed by atoms with van der Waals surface area (Å²) in [6, 6.07) is -0.288. The van der Waals surface area contributed by atoms with Gasteiger partial charge in [0.25, 0.3) is 0 Å². The smallest absolute Gasteiger partial charge is 0.321 e. The molecule has 120 valence electrons. The van der Waals surface area contributed by atoms with Crippen LogP contribution in [0.4, 0.5) is 4.79 Å². The van der Waals surface area contributed by atoms with E-state index in [4.69, 9.17) is 0 Å². The van der Waals surface area contributed by atoms with Gasteiger partial charge in [0.15, 0.2) is 5.16 Å². The van der Waals surface area contributed by atoms with Gasteiger partial charge in [0.05, 0.1) is 5.75 Å². The van der Waals surface area contributed by atoms with Crippen LogP contribution in [-0.4, -0.2) is 38.9 Å². The highest BCUT2D eigenvalue weighted by atomic mass is 32.2. The average Bonchev–Trinajstić information content (AvgIpc) is 3.22. The molecular weight excluding hydrogens is 302 g/mol. The Bertz CT molecular complexity index is 535. The first-order chi connectivity index (χ1) is 10.6. The number of thioether (sulfide) groups is 1. The Hall–Kier alpha value is -1.57. The molecule has 0 unspecified atom stereocenters. The molecule has 0 aliphatic heterocycles. The van der Waals surface area contributed by atoms with Crippen molar-refractivity contribution in [3.63, 3.8) is 0 Å². The van der Waals surface area contributed by atoms with E-state index >= 15 is 0 Å². The van der Waals surface area contributed by atoms with Crippen LogP contribution in [0.5, 0.6) is 0 Å². The molecule has 7 nitrogen and oxygen atoms in total. The summed E-state index contributed by atoms with van der Waals surface area (Å²) in [5.41, 5.74) is 0. The topological polar surface area (TPSA) is 99.8 Å². The van der Waals surface area contributed by atoms with Crippen LogP contribution >= 0.6 is 11.8 Å². The summed E-state index contributed by atoms with van der Waals surface area (Å²) in [5.74, 6) is 1.95. The third-order valence-electron chi connectivity index (χ3n) is 4.78. The predicted octanol–water partition coefficient (Wildman–Crippen LogP) is 1.55. The van der Waals surface area contributed by atoms with Crippen molar-refractivity contribution in [2.24, 2.45) is 17.8 Å². The van der Waals surface area contributed by atoms with Crippen LogP contribution in [0.2, 0.25) is 0 Å². The molecular formula is C14H21N5O2S. The second kappa shape index (κ2) is 6.68. The number of rotatable bonds is 5. The molecule has 2 bridgehead atoms. The van der Waals surface area contributed by atoms with E-state index < -0.39 is 6.03 Å². The van der Waals surface area contributed by atoms with E-state index in [1.165, 1.54) is 43.8 Å². The highest BCUT2D eigenvalue weighted by molar-refractivity contribution is 7.99. The molecule has 0 spiro atoms. The molecule has 0 saturated heterocycles. The zero-order chi connectivity index (χ0) is 15.5. The van der Waals surface area contributed by atoms with E-state index in [2.05, 4.69) is 25.8 Å². The van der Waals surface area contributed by atoms with Gasteiger partial charge in [-0.1, -0.05) is 18.2 Å². The van der Waals surface area contributed by atoms with E-state index in [0.29, 0.717) is 11.1 Å².